The summed E-state index contributed by atoms with van der Waals surface area (Å²) in [6.45, 7) is 7.36. The number of nitrogens with zero attached hydrogens (tertiary/aromatic N) is 4. The molecule has 0 unspecified atom stereocenters. The van der Waals surface area contributed by atoms with Crippen molar-refractivity contribution in [3.8, 4) is 0 Å². The molecule has 3 heterocycles. The van der Waals surface area contributed by atoms with Gasteiger partial charge in [-0.3, -0.25) is 4.79 Å². The number of thioether (sulfide) groups is 1. The topological polar surface area (TPSA) is 71.7 Å². The van der Waals surface area contributed by atoms with Crippen LogP contribution in [-0.4, -0.2) is 54.1 Å². The molecule has 0 N–H and O–H groups in total. The van der Waals surface area contributed by atoms with Crippen molar-refractivity contribution in [3.63, 3.8) is 0 Å². The minimum absolute atomic E-state index is 0.0857. The molecule has 1 aromatic carbocycles. The molecule has 0 atom stereocenters. The molecule has 0 spiro atoms. The fourth-order valence-corrected chi connectivity index (χ4v) is 4.31. The van der Waals surface area contributed by atoms with Crippen LogP contribution in [0, 0.1) is 0 Å². The van der Waals surface area contributed by atoms with Gasteiger partial charge >= 0.3 is 0 Å². The van der Waals surface area contributed by atoms with Gasteiger partial charge in [-0.15, -0.1) is 0 Å². The van der Waals surface area contributed by atoms with E-state index in [4.69, 9.17) is 19.1 Å². The smallest absolute Gasteiger partial charge is 0.289 e. The first-order chi connectivity index (χ1) is 16.0. The van der Waals surface area contributed by atoms with E-state index in [0.29, 0.717) is 43.0 Å². The predicted molar refractivity (Wildman–Crippen MR) is 130 cm³/mol. The maximum Gasteiger partial charge on any atom is 0.289 e. The molecule has 1 aliphatic rings. The Kier molecular flexibility index (Phi) is 7.67. The van der Waals surface area contributed by atoms with Crippen LogP contribution in [0.2, 0.25) is 0 Å². The SMILES string of the molecule is CC(C)c1cc(N(C)Cc2ccccc2)nc(SCc2ccc(C(=O)N3CCOCC3)o2)n1. The molecular weight excluding hydrogens is 436 g/mol. The van der Waals surface area contributed by atoms with Crippen LogP contribution in [0.5, 0.6) is 0 Å². The van der Waals surface area contributed by atoms with E-state index >= 15 is 0 Å². The zero-order valence-electron chi connectivity index (χ0n) is 19.4. The van der Waals surface area contributed by atoms with Crippen LogP contribution < -0.4 is 4.90 Å². The van der Waals surface area contributed by atoms with Crippen LogP contribution in [0.4, 0.5) is 5.82 Å². The number of rotatable bonds is 8. The van der Waals surface area contributed by atoms with Gasteiger partial charge in [0, 0.05) is 38.4 Å². The number of morpholine rings is 1. The monoisotopic (exact) mass is 466 g/mol. The van der Waals surface area contributed by atoms with Crippen molar-refractivity contribution in [2.24, 2.45) is 0 Å². The Morgan fingerprint density at radius 3 is 2.61 bits per heavy atom. The Balaban J connectivity index is 1.44. The van der Waals surface area contributed by atoms with Crippen molar-refractivity contribution in [2.45, 2.75) is 37.2 Å². The third-order valence-corrected chi connectivity index (χ3v) is 6.34. The summed E-state index contributed by atoms with van der Waals surface area (Å²) < 4.78 is 11.2. The highest BCUT2D eigenvalue weighted by molar-refractivity contribution is 7.98. The highest BCUT2D eigenvalue weighted by Crippen LogP contribution is 2.27. The van der Waals surface area contributed by atoms with E-state index in [9.17, 15) is 4.79 Å². The zero-order chi connectivity index (χ0) is 23.2. The van der Waals surface area contributed by atoms with Gasteiger partial charge in [0.25, 0.3) is 5.91 Å². The molecule has 3 aromatic rings. The number of carbonyl (C=O) groups excluding carboxylic acids is 1. The summed E-state index contributed by atoms with van der Waals surface area (Å²) in [7, 11) is 2.05. The number of ether oxygens (including phenoxy) is 1. The first kappa shape index (κ1) is 23.3. The van der Waals surface area contributed by atoms with Crippen molar-refractivity contribution in [3.05, 3.63) is 71.3 Å². The summed E-state index contributed by atoms with van der Waals surface area (Å²) in [5, 5.41) is 0.702. The van der Waals surface area contributed by atoms with Crippen LogP contribution in [0.3, 0.4) is 0 Å². The molecule has 1 fully saturated rings. The predicted octanol–water partition coefficient (Wildman–Crippen LogP) is 4.59. The van der Waals surface area contributed by atoms with E-state index in [1.54, 1.807) is 11.0 Å². The fourth-order valence-electron chi connectivity index (χ4n) is 3.55. The van der Waals surface area contributed by atoms with Crippen LogP contribution in [0.1, 0.15) is 47.3 Å². The third kappa shape index (κ3) is 6.15. The molecule has 33 heavy (non-hydrogen) atoms. The number of anilines is 1. The average Bonchev–Trinajstić information content (AvgIpc) is 3.32. The lowest BCUT2D eigenvalue weighted by molar-refractivity contribution is 0.0282. The van der Waals surface area contributed by atoms with E-state index in [2.05, 4.69) is 36.9 Å². The van der Waals surface area contributed by atoms with Gasteiger partial charge in [0.1, 0.15) is 11.6 Å². The molecule has 2 aromatic heterocycles. The number of furan rings is 1. The van der Waals surface area contributed by atoms with Gasteiger partial charge in [0.15, 0.2) is 10.9 Å². The summed E-state index contributed by atoms with van der Waals surface area (Å²) in [5.41, 5.74) is 2.23. The van der Waals surface area contributed by atoms with Crippen LogP contribution in [-0.2, 0) is 17.0 Å². The zero-order valence-corrected chi connectivity index (χ0v) is 20.2. The van der Waals surface area contributed by atoms with Gasteiger partial charge in [-0.1, -0.05) is 55.9 Å². The van der Waals surface area contributed by atoms with Crippen LogP contribution in [0.15, 0.2) is 58.1 Å². The largest absolute Gasteiger partial charge is 0.455 e. The highest BCUT2D eigenvalue weighted by atomic mass is 32.2. The minimum Gasteiger partial charge on any atom is -0.455 e. The molecule has 1 saturated heterocycles. The summed E-state index contributed by atoms with van der Waals surface area (Å²) in [6.07, 6.45) is 0. The maximum absolute atomic E-state index is 12.6. The second-order valence-corrected chi connectivity index (χ2v) is 9.33. The molecule has 0 aliphatic carbocycles. The van der Waals surface area contributed by atoms with Crippen LogP contribution in [0.25, 0.3) is 0 Å². The molecule has 1 amide bonds. The van der Waals surface area contributed by atoms with E-state index in [0.717, 1.165) is 23.8 Å². The Labute approximate surface area is 199 Å². The Morgan fingerprint density at radius 2 is 1.88 bits per heavy atom. The number of benzene rings is 1. The molecule has 8 heteroatoms. The van der Waals surface area contributed by atoms with E-state index < -0.39 is 0 Å². The van der Waals surface area contributed by atoms with Crippen molar-refractivity contribution in [2.75, 3.05) is 38.3 Å². The normalized spacial score (nSPS) is 14.0. The van der Waals surface area contributed by atoms with Gasteiger partial charge in [-0.05, 0) is 23.6 Å². The molecule has 4 rings (SSSR count). The van der Waals surface area contributed by atoms with Crippen LogP contribution >= 0.6 is 11.8 Å². The van der Waals surface area contributed by atoms with E-state index in [1.165, 1.54) is 17.3 Å². The summed E-state index contributed by atoms with van der Waals surface area (Å²) in [4.78, 5) is 26.1. The number of amides is 1. The second kappa shape index (κ2) is 10.9. The lowest BCUT2D eigenvalue weighted by atomic mass is 10.1. The Morgan fingerprint density at radius 1 is 1.12 bits per heavy atom. The Bertz CT molecular complexity index is 1060. The summed E-state index contributed by atoms with van der Waals surface area (Å²) in [6, 6.07) is 16.0. The lowest BCUT2D eigenvalue weighted by Crippen LogP contribution is -2.40. The maximum atomic E-state index is 12.6. The molecule has 1 aliphatic heterocycles. The second-order valence-electron chi connectivity index (χ2n) is 8.39. The molecule has 0 radical (unpaired) electrons. The number of aromatic nitrogens is 2. The number of hydrogen-bond acceptors (Lipinski definition) is 7. The van der Waals surface area contributed by atoms with Crippen molar-refractivity contribution < 1.29 is 13.9 Å². The number of carbonyl (C=O) groups is 1. The third-order valence-electron chi connectivity index (χ3n) is 5.47. The number of hydrogen-bond donors (Lipinski definition) is 0. The van der Waals surface area contributed by atoms with Crippen molar-refractivity contribution >= 4 is 23.5 Å². The van der Waals surface area contributed by atoms with E-state index in [1.807, 2.05) is 31.3 Å². The van der Waals surface area contributed by atoms with Gasteiger partial charge in [0.2, 0.25) is 0 Å². The Hall–Kier alpha value is -2.84. The minimum atomic E-state index is -0.0857. The highest BCUT2D eigenvalue weighted by Gasteiger charge is 2.21. The molecule has 0 bridgehead atoms. The van der Waals surface area contributed by atoms with Gasteiger partial charge < -0.3 is 19.0 Å². The molecule has 7 nitrogen and oxygen atoms in total. The first-order valence-electron chi connectivity index (χ1n) is 11.2. The lowest BCUT2D eigenvalue weighted by Gasteiger charge is -2.25. The van der Waals surface area contributed by atoms with Crippen molar-refractivity contribution in [1.82, 2.24) is 14.9 Å². The summed E-state index contributed by atoms with van der Waals surface area (Å²) >= 11 is 1.52. The molecular formula is C25H30N4O3S. The standard InChI is InChI=1S/C25H30N4O3S/c1-18(2)21-15-23(28(3)16-19-7-5-4-6-8-19)27-25(26-21)33-17-20-9-10-22(32-20)24(30)29-11-13-31-14-12-29/h4-10,15,18H,11-14,16-17H2,1-3H3. The first-order valence-corrected chi connectivity index (χ1v) is 12.2. The van der Waals surface area contributed by atoms with Gasteiger partial charge in [0.05, 0.1) is 19.0 Å². The van der Waals surface area contributed by atoms with E-state index in [-0.39, 0.29) is 11.8 Å². The van der Waals surface area contributed by atoms with Gasteiger partial charge in [-0.25, -0.2) is 9.97 Å². The van der Waals surface area contributed by atoms with Crippen molar-refractivity contribution in [1.29, 1.82) is 0 Å². The average molecular weight is 467 g/mol. The quantitative estimate of drug-likeness (QED) is 0.355. The van der Waals surface area contributed by atoms with Gasteiger partial charge in [-0.2, -0.15) is 0 Å². The molecule has 174 valence electrons. The summed E-state index contributed by atoms with van der Waals surface area (Å²) in [5.74, 6) is 2.75. The molecule has 0 saturated carbocycles. The fraction of sp³-hybridized carbons (Fsp3) is 0.400.